The molecule has 0 atom stereocenters. The SMILES string of the molecule is O=C(NCCc1nc(-c2cccc(Cl)c2)no1)c1ccc(C(F)(F)F)c(F)c1. The van der Waals surface area contributed by atoms with Crippen molar-refractivity contribution in [1.29, 1.82) is 0 Å². The van der Waals surface area contributed by atoms with E-state index in [1.807, 2.05) is 0 Å². The van der Waals surface area contributed by atoms with Crippen molar-refractivity contribution in [1.82, 2.24) is 15.5 Å². The summed E-state index contributed by atoms with van der Waals surface area (Å²) in [5, 5.41) is 6.78. The van der Waals surface area contributed by atoms with Crippen LogP contribution in [0.3, 0.4) is 0 Å². The third-order valence-corrected chi connectivity index (χ3v) is 3.95. The summed E-state index contributed by atoms with van der Waals surface area (Å²) in [4.78, 5) is 16.1. The van der Waals surface area contributed by atoms with Crippen LogP contribution in [0.1, 0.15) is 21.8 Å². The number of nitrogens with zero attached hydrogens (tertiary/aromatic N) is 2. The molecular weight excluding hydrogens is 402 g/mol. The quantitative estimate of drug-likeness (QED) is 0.624. The highest BCUT2D eigenvalue weighted by Crippen LogP contribution is 2.31. The van der Waals surface area contributed by atoms with Crippen LogP contribution in [-0.4, -0.2) is 22.6 Å². The number of carbonyl (C=O) groups excluding carboxylic acids is 1. The van der Waals surface area contributed by atoms with Crippen molar-refractivity contribution >= 4 is 17.5 Å². The summed E-state index contributed by atoms with van der Waals surface area (Å²) in [5.41, 5.74) is -0.995. The number of hydrogen-bond acceptors (Lipinski definition) is 4. The molecule has 5 nitrogen and oxygen atoms in total. The average Bonchev–Trinajstić information content (AvgIpc) is 3.09. The second kappa shape index (κ2) is 7.97. The molecule has 0 bridgehead atoms. The zero-order valence-electron chi connectivity index (χ0n) is 14.1. The Balaban J connectivity index is 1.58. The van der Waals surface area contributed by atoms with E-state index in [9.17, 15) is 22.4 Å². The van der Waals surface area contributed by atoms with Crippen molar-refractivity contribution in [3.8, 4) is 11.4 Å². The van der Waals surface area contributed by atoms with Gasteiger partial charge in [-0.3, -0.25) is 4.79 Å². The highest BCUT2D eigenvalue weighted by molar-refractivity contribution is 6.30. The van der Waals surface area contributed by atoms with Crippen LogP contribution >= 0.6 is 11.6 Å². The summed E-state index contributed by atoms with van der Waals surface area (Å²) in [5.74, 6) is -1.66. The van der Waals surface area contributed by atoms with Gasteiger partial charge in [0.25, 0.3) is 5.91 Å². The van der Waals surface area contributed by atoms with Gasteiger partial charge >= 0.3 is 6.18 Å². The van der Waals surface area contributed by atoms with Gasteiger partial charge in [0.2, 0.25) is 11.7 Å². The van der Waals surface area contributed by atoms with Gasteiger partial charge in [0.15, 0.2) is 0 Å². The van der Waals surface area contributed by atoms with Gasteiger partial charge in [0.05, 0.1) is 5.56 Å². The van der Waals surface area contributed by atoms with Crippen LogP contribution in [0.25, 0.3) is 11.4 Å². The maximum absolute atomic E-state index is 13.5. The lowest BCUT2D eigenvalue weighted by Crippen LogP contribution is -2.26. The Morgan fingerprint density at radius 3 is 2.64 bits per heavy atom. The smallest absolute Gasteiger partial charge is 0.352 e. The van der Waals surface area contributed by atoms with Crippen LogP contribution in [0.15, 0.2) is 47.0 Å². The van der Waals surface area contributed by atoms with Crippen LogP contribution < -0.4 is 5.32 Å². The summed E-state index contributed by atoms with van der Waals surface area (Å²) in [6, 6.07) is 8.83. The molecule has 0 saturated carbocycles. The van der Waals surface area contributed by atoms with E-state index in [2.05, 4.69) is 15.5 Å². The van der Waals surface area contributed by atoms with E-state index < -0.39 is 23.5 Å². The van der Waals surface area contributed by atoms with Crippen molar-refractivity contribution in [2.24, 2.45) is 0 Å². The number of hydrogen-bond donors (Lipinski definition) is 1. The lowest BCUT2D eigenvalue weighted by Gasteiger charge is -2.09. The number of halogens is 5. The van der Waals surface area contributed by atoms with Gasteiger partial charge in [0.1, 0.15) is 5.82 Å². The molecule has 1 amide bonds. The lowest BCUT2D eigenvalue weighted by molar-refractivity contribution is -0.140. The minimum absolute atomic E-state index is 0.0681. The Bertz CT molecular complexity index is 1000. The highest BCUT2D eigenvalue weighted by atomic mass is 35.5. The molecule has 0 unspecified atom stereocenters. The monoisotopic (exact) mass is 413 g/mol. The summed E-state index contributed by atoms with van der Waals surface area (Å²) in [7, 11) is 0. The first-order valence-electron chi connectivity index (χ1n) is 7.97. The number of benzene rings is 2. The molecular formula is C18H12ClF4N3O2. The minimum Gasteiger partial charge on any atom is -0.352 e. The summed E-state index contributed by atoms with van der Waals surface area (Å²) < 4.78 is 56.3. The third kappa shape index (κ3) is 4.66. The van der Waals surface area contributed by atoms with E-state index in [0.29, 0.717) is 28.5 Å². The predicted molar refractivity (Wildman–Crippen MR) is 92.2 cm³/mol. The van der Waals surface area contributed by atoms with Crippen molar-refractivity contribution in [3.63, 3.8) is 0 Å². The Morgan fingerprint density at radius 2 is 1.96 bits per heavy atom. The first-order valence-corrected chi connectivity index (χ1v) is 8.35. The normalized spacial score (nSPS) is 11.5. The first-order chi connectivity index (χ1) is 13.2. The number of nitrogens with one attached hydrogen (secondary N) is 1. The van der Waals surface area contributed by atoms with E-state index in [0.717, 1.165) is 6.07 Å². The topological polar surface area (TPSA) is 68.0 Å². The third-order valence-electron chi connectivity index (χ3n) is 3.71. The van der Waals surface area contributed by atoms with Gasteiger partial charge in [-0.1, -0.05) is 28.9 Å². The Hall–Kier alpha value is -2.94. The standard InChI is InChI=1S/C18H12ClF4N3O2/c19-12-3-1-2-10(8-12)16-25-15(28-26-16)6-7-24-17(27)11-4-5-13(14(20)9-11)18(21,22)23/h1-5,8-9H,6-7H2,(H,24,27). The maximum Gasteiger partial charge on any atom is 0.419 e. The van der Waals surface area contributed by atoms with Gasteiger partial charge in [-0.25, -0.2) is 4.39 Å². The number of aromatic nitrogens is 2. The zero-order valence-corrected chi connectivity index (χ0v) is 14.8. The van der Waals surface area contributed by atoms with Gasteiger partial charge in [-0.15, -0.1) is 0 Å². The van der Waals surface area contributed by atoms with Crippen LogP contribution in [0.5, 0.6) is 0 Å². The first kappa shape index (κ1) is 19.8. The van der Waals surface area contributed by atoms with Gasteiger partial charge < -0.3 is 9.84 Å². The largest absolute Gasteiger partial charge is 0.419 e. The van der Waals surface area contributed by atoms with Crippen LogP contribution in [0.4, 0.5) is 17.6 Å². The molecule has 3 aromatic rings. The molecule has 1 N–H and O–H groups in total. The van der Waals surface area contributed by atoms with Gasteiger partial charge in [-0.05, 0) is 30.3 Å². The summed E-state index contributed by atoms with van der Waals surface area (Å²) in [6.07, 6.45) is -4.64. The molecule has 0 aliphatic heterocycles. The van der Waals surface area contributed by atoms with Crippen LogP contribution in [0, 0.1) is 5.82 Å². The molecule has 0 aliphatic carbocycles. The molecule has 0 fully saturated rings. The molecule has 2 aromatic carbocycles. The molecule has 0 saturated heterocycles. The second-order valence-electron chi connectivity index (χ2n) is 5.72. The van der Waals surface area contributed by atoms with Crippen molar-refractivity contribution < 1.29 is 26.9 Å². The molecule has 0 aliphatic rings. The predicted octanol–water partition coefficient (Wildman–Crippen LogP) is 4.52. The molecule has 0 spiro atoms. The van der Waals surface area contributed by atoms with Crippen molar-refractivity contribution in [2.75, 3.05) is 6.54 Å². The second-order valence-corrected chi connectivity index (χ2v) is 6.16. The molecule has 1 heterocycles. The van der Waals surface area contributed by atoms with Gasteiger partial charge in [0, 0.05) is 29.1 Å². The van der Waals surface area contributed by atoms with E-state index in [4.69, 9.17) is 16.1 Å². The van der Waals surface area contributed by atoms with E-state index in [1.54, 1.807) is 24.3 Å². The zero-order chi connectivity index (χ0) is 20.3. The maximum atomic E-state index is 13.5. The average molecular weight is 414 g/mol. The van der Waals surface area contributed by atoms with Crippen molar-refractivity contribution in [2.45, 2.75) is 12.6 Å². The number of carbonyl (C=O) groups is 1. The number of amides is 1. The van der Waals surface area contributed by atoms with Gasteiger partial charge in [-0.2, -0.15) is 18.2 Å². The Morgan fingerprint density at radius 1 is 1.18 bits per heavy atom. The summed E-state index contributed by atoms with van der Waals surface area (Å²) >= 11 is 5.90. The fourth-order valence-electron chi connectivity index (χ4n) is 2.37. The van der Waals surface area contributed by atoms with E-state index in [-0.39, 0.29) is 24.4 Å². The van der Waals surface area contributed by atoms with Crippen LogP contribution in [-0.2, 0) is 12.6 Å². The number of rotatable bonds is 5. The fraction of sp³-hybridized carbons (Fsp3) is 0.167. The van der Waals surface area contributed by atoms with Crippen molar-refractivity contribution in [3.05, 3.63) is 70.3 Å². The number of alkyl halides is 3. The minimum atomic E-state index is -4.82. The lowest BCUT2D eigenvalue weighted by atomic mass is 10.1. The molecule has 3 rings (SSSR count). The fourth-order valence-corrected chi connectivity index (χ4v) is 2.56. The Labute approximate surface area is 161 Å². The summed E-state index contributed by atoms with van der Waals surface area (Å²) in [6.45, 7) is 0.0681. The highest BCUT2D eigenvalue weighted by Gasteiger charge is 2.34. The molecule has 10 heteroatoms. The van der Waals surface area contributed by atoms with Crippen LogP contribution in [0.2, 0.25) is 5.02 Å². The molecule has 0 radical (unpaired) electrons. The van der Waals surface area contributed by atoms with E-state index in [1.165, 1.54) is 0 Å². The molecule has 146 valence electrons. The molecule has 28 heavy (non-hydrogen) atoms. The molecule has 1 aromatic heterocycles. The van der Waals surface area contributed by atoms with E-state index >= 15 is 0 Å². The Kier molecular flexibility index (Phi) is 5.64.